The summed E-state index contributed by atoms with van der Waals surface area (Å²) in [5, 5.41) is 11.4. The predicted octanol–water partition coefficient (Wildman–Crippen LogP) is 1.99. The summed E-state index contributed by atoms with van der Waals surface area (Å²) in [6.07, 6.45) is 1.79. The number of rotatable bonds is 4. The van der Waals surface area contributed by atoms with Gasteiger partial charge in [0.25, 0.3) is 0 Å². The van der Waals surface area contributed by atoms with Crippen LogP contribution in [0.5, 0.6) is 0 Å². The maximum absolute atomic E-state index is 4.27. The van der Waals surface area contributed by atoms with E-state index < -0.39 is 0 Å². The molecule has 2 aromatic heterocycles. The molecule has 1 N–H and O–H groups in total. The lowest BCUT2D eigenvalue weighted by molar-refractivity contribution is 0.673. The van der Waals surface area contributed by atoms with Crippen molar-refractivity contribution in [2.75, 3.05) is 6.54 Å². The number of thiazole rings is 1. The fraction of sp³-hybridized carbons (Fsp3) is 0.250. The van der Waals surface area contributed by atoms with Gasteiger partial charge in [-0.3, -0.25) is 0 Å². The minimum atomic E-state index is 0.768. The van der Waals surface area contributed by atoms with E-state index in [4.69, 9.17) is 0 Å². The quantitative estimate of drug-likeness (QED) is 0.778. The molecule has 0 amide bonds. The van der Waals surface area contributed by atoms with Gasteiger partial charge in [0.05, 0.1) is 33.3 Å². The van der Waals surface area contributed by atoms with Crippen molar-refractivity contribution in [1.29, 1.82) is 0 Å². The molecule has 6 heteroatoms. The largest absolute Gasteiger partial charge is 0.311 e. The molecule has 0 saturated heterocycles. The van der Waals surface area contributed by atoms with Gasteiger partial charge in [0.1, 0.15) is 0 Å². The molecule has 0 saturated carbocycles. The van der Waals surface area contributed by atoms with Crippen LogP contribution in [0.25, 0.3) is 15.9 Å². The molecule has 18 heavy (non-hydrogen) atoms. The lowest BCUT2D eigenvalue weighted by Crippen LogP contribution is -2.15. The second kappa shape index (κ2) is 4.83. The Hall–Kier alpha value is -1.79. The van der Waals surface area contributed by atoms with Crippen molar-refractivity contribution in [3.05, 3.63) is 35.6 Å². The summed E-state index contributed by atoms with van der Waals surface area (Å²) in [6.45, 7) is 3.78. The topological polar surface area (TPSA) is 55.6 Å². The molecule has 0 aliphatic rings. The van der Waals surface area contributed by atoms with E-state index in [-0.39, 0.29) is 0 Å². The fourth-order valence-corrected chi connectivity index (χ4v) is 2.53. The van der Waals surface area contributed by atoms with Crippen molar-refractivity contribution >= 4 is 21.6 Å². The highest BCUT2D eigenvalue weighted by Gasteiger charge is 2.07. The molecule has 3 rings (SSSR count). The van der Waals surface area contributed by atoms with Gasteiger partial charge >= 0.3 is 0 Å². The van der Waals surface area contributed by atoms with E-state index in [2.05, 4.69) is 33.6 Å². The maximum Gasteiger partial charge on any atom is 0.0813 e. The number of nitrogens with one attached hydrogen (secondary N) is 1. The Kier molecular flexibility index (Phi) is 3.04. The Morgan fingerprint density at radius 1 is 1.39 bits per heavy atom. The molecule has 0 aliphatic carbocycles. The van der Waals surface area contributed by atoms with Crippen LogP contribution >= 0.6 is 11.3 Å². The second-order valence-electron chi connectivity index (χ2n) is 3.92. The zero-order valence-corrected chi connectivity index (χ0v) is 10.8. The summed E-state index contributed by atoms with van der Waals surface area (Å²) in [5.41, 5.74) is 4.96. The highest BCUT2D eigenvalue weighted by molar-refractivity contribution is 7.16. The third-order valence-electron chi connectivity index (χ3n) is 2.74. The van der Waals surface area contributed by atoms with Crippen LogP contribution in [0.1, 0.15) is 12.6 Å². The van der Waals surface area contributed by atoms with E-state index in [0.717, 1.165) is 34.7 Å². The second-order valence-corrected chi connectivity index (χ2v) is 4.81. The van der Waals surface area contributed by atoms with E-state index in [1.807, 2.05) is 22.3 Å². The van der Waals surface area contributed by atoms with Gasteiger partial charge in [0, 0.05) is 6.54 Å². The lowest BCUT2D eigenvalue weighted by atomic mass is 10.3. The molecule has 0 unspecified atom stereocenters. The van der Waals surface area contributed by atoms with Crippen molar-refractivity contribution in [3.8, 4) is 5.69 Å². The van der Waals surface area contributed by atoms with Crippen LogP contribution < -0.4 is 5.32 Å². The van der Waals surface area contributed by atoms with Gasteiger partial charge in [-0.05, 0) is 24.7 Å². The minimum Gasteiger partial charge on any atom is -0.311 e. The average Bonchev–Trinajstić information content (AvgIpc) is 3.03. The van der Waals surface area contributed by atoms with Gasteiger partial charge in [0.15, 0.2) is 0 Å². The third-order valence-corrected chi connectivity index (χ3v) is 3.53. The first-order chi connectivity index (χ1) is 8.88. The summed E-state index contributed by atoms with van der Waals surface area (Å²) >= 11 is 1.63. The standard InChI is InChI=1S/C12H13N5S/c1-2-13-6-10-7-15-16-17(10)9-3-4-11-12(5-9)18-8-14-11/h3-5,7-8,13H,2,6H2,1H3. The highest BCUT2D eigenvalue weighted by atomic mass is 32.1. The predicted molar refractivity (Wildman–Crippen MR) is 71.9 cm³/mol. The zero-order valence-electron chi connectivity index (χ0n) is 10.00. The normalized spacial score (nSPS) is 11.2. The molecular weight excluding hydrogens is 246 g/mol. The van der Waals surface area contributed by atoms with Crippen LogP contribution in [0, 0.1) is 0 Å². The van der Waals surface area contributed by atoms with Gasteiger partial charge < -0.3 is 5.32 Å². The van der Waals surface area contributed by atoms with E-state index in [1.165, 1.54) is 0 Å². The van der Waals surface area contributed by atoms with E-state index in [0.29, 0.717) is 0 Å². The molecule has 5 nitrogen and oxygen atoms in total. The van der Waals surface area contributed by atoms with Gasteiger partial charge in [-0.15, -0.1) is 16.4 Å². The first kappa shape index (κ1) is 11.3. The van der Waals surface area contributed by atoms with Crippen LogP contribution in [0.2, 0.25) is 0 Å². The van der Waals surface area contributed by atoms with Crippen molar-refractivity contribution in [2.45, 2.75) is 13.5 Å². The lowest BCUT2D eigenvalue weighted by Gasteiger charge is -2.06. The molecule has 92 valence electrons. The number of hydrogen-bond acceptors (Lipinski definition) is 5. The number of fused-ring (bicyclic) bond motifs is 1. The third kappa shape index (κ3) is 2.00. The Labute approximate surface area is 108 Å². The van der Waals surface area contributed by atoms with E-state index in [1.54, 1.807) is 17.5 Å². The summed E-state index contributed by atoms with van der Waals surface area (Å²) in [5.74, 6) is 0. The first-order valence-electron chi connectivity index (χ1n) is 5.82. The summed E-state index contributed by atoms with van der Waals surface area (Å²) in [7, 11) is 0. The van der Waals surface area contributed by atoms with E-state index in [9.17, 15) is 0 Å². The van der Waals surface area contributed by atoms with E-state index >= 15 is 0 Å². The molecule has 0 fully saturated rings. The van der Waals surface area contributed by atoms with Gasteiger partial charge in [-0.25, -0.2) is 9.67 Å². The Morgan fingerprint density at radius 3 is 3.22 bits per heavy atom. The molecule has 3 aromatic rings. The maximum atomic E-state index is 4.27. The summed E-state index contributed by atoms with van der Waals surface area (Å²) in [6, 6.07) is 6.13. The molecule has 0 aliphatic heterocycles. The molecule has 0 radical (unpaired) electrons. The molecular formula is C12H13N5S. The average molecular weight is 259 g/mol. The molecule has 0 atom stereocenters. The molecule has 0 spiro atoms. The monoisotopic (exact) mass is 259 g/mol. The Morgan fingerprint density at radius 2 is 2.33 bits per heavy atom. The van der Waals surface area contributed by atoms with Gasteiger partial charge in [-0.2, -0.15) is 0 Å². The van der Waals surface area contributed by atoms with Gasteiger partial charge in [0.2, 0.25) is 0 Å². The number of nitrogens with zero attached hydrogens (tertiary/aromatic N) is 4. The van der Waals surface area contributed by atoms with Gasteiger partial charge in [-0.1, -0.05) is 12.1 Å². The molecule has 1 aromatic carbocycles. The number of benzene rings is 1. The Bertz CT molecular complexity index is 657. The number of aromatic nitrogens is 4. The van der Waals surface area contributed by atoms with Crippen LogP contribution in [0.4, 0.5) is 0 Å². The van der Waals surface area contributed by atoms with Crippen LogP contribution in [0.3, 0.4) is 0 Å². The van der Waals surface area contributed by atoms with Crippen molar-refractivity contribution in [2.24, 2.45) is 0 Å². The SMILES string of the molecule is CCNCc1cnnn1-c1ccc2ncsc2c1. The number of hydrogen-bond donors (Lipinski definition) is 1. The van der Waals surface area contributed by atoms with Crippen molar-refractivity contribution < 1.29 is 0 Å². The van der Waals surface area contributed by atoms with Crippen LogP contribution in [0.15, 0.2) is 29.9 Å². The highest BCUT2D eigenvalue weighted by Crippen LogP contribution is 2.21. The fourth-order valence-electron chi connectivity index (χ4n) is 1.82. The van der Waals surface area contributed by atoms with Crippen LogP contribution in [-0.4, -0.2) is 26.5 Å². The minimum absolute atomic E-state index is 0.768. The van der Waals surface area contributed by atoms with Crippen molar-refractivity contribution in [1.82, 2.24) is 25.3 Å². The Balaban J connectivity index is 2.00. The molecule has 0 bridgehead atoms. The first-order valence-corrected chi connectivity index (χ1v) is 6.70. The van der Waals surface area contributed by atoms with Crippen molar-refractivity contribution in [3.63, 3.8) is 0 Å². The van der Waals surface area contributed by atoms with Crippen LogP contribution in [-0.2, 0) is 6.54 Å². The summed E-state index contributed by atoms with van der Waals surface area (Å²) < 4.78 is 3.03. The molecule has 2 heterocycles. The summed E-state index contributed by atoms with van der Waals surface area (Å²) in [4.78, 5) is 4.27. The smallest absolute Gasteiger partial charge is 0.0813 e. The zero-order chi connectivity index (χ0) is 12.4.